The lowest BCUT2D eigenvalue weighted by Gasteiger charge is -2.06. The van der Waals surface area contributed by atoms with Crippen molar-refractivity contribution < 1.29 is 9.32 Å². The molecule has 1 aromatic heterocycles. The summed E-state index contributed by atoms with van der Waals surface area (Å²) in [5.41, 5.74) is 1.29. The average Bonchev–Trinajstić information content (AvgIpc) is 2.82. The molecule has 2 aromatic rings. The van der Waals surface area contributed by atoms with Crippen LogP contribution in [0.1, 0.15) is 31.2 Å². The first kappa shape index (κ1) is 14.6. The molecule has 1 aromatic carbocycles. The molecular weight excluding hydrogens is 274 g/mol. The summed E-state index contributed by atoms with van der Waals surface area (Å²) in [5.74, 6) is 1.16. The number of anilines is 1. The molecule has 6 heteroatoms. The van der Waals surface area contributed by atoms with Gasteiger partial charge in [-0.3, -0.25) is 10.1 Å². The zero-order chi connectivity index (χ0) is 14.5. The number of benzene rings is 1. The lowest BCUT2D eigenvalue weighted by Crippen LogP contribution is -2.14. The molecule has 0 aliphatic rings. The van der Waals surface area contributed by atoms with Crippen LogP contribution >= 0.6 is 11.8 Å². The van der Waals surface area contributed by atoms with Crippen molar-refractivity contribution in [1.82, 2.24) is 10.1 Å². The second kappa shape index (κ2) is 6.56. The smallest absolute Gasteiger partial charge is 0.315 e. The van der Waals surface area contributed by atoms with Crippen LogP contribution in [-0.4, -0.2) is 21.8 Å². The molecule has 0 spiro atoms. The van der Waals surface area contributed by atoms with Crippen molar-refractivity contribution in [3.8, 4) is 0 Å². The molecule has 0 radical (unpaired) electrons. The fourth-order valence-corrected chi connectivity index (χ4v) is 2.30. The minimum absolute atomic E-state index is 0.142. The van der Waals surface area contributed by atoms with Crippen LogP contribution in [0.15, 0.2) is 33.7 Å². The largest absolute Gasteiger partial charge is 0.328 e. The van der Waals surface area contributed by atoms with E-state index in [1.807, 2.05) is 12.1 Å². The molecule has 106 valence electrons. The van der Waals surface area contributed by atoms with Crippen LogP contribution < -0.4 is 5.32 Å². The van der Waals surface area contributed by atoms with Gasteiger partial charge in [-0.25, -0.2) is 0 Å². The number of rotatable bonds is 5. The van der Waals surface area contributed by atoms with E-state index in [2.05, 4.69) is 41.4 Å². The quantitative estimate of drug-likeness (QED) is 0.857. The molecular formula is C14H17N3O2S. The molecule has 0 aliphatic carbocycles. The topological polar surface area (TPSA) is 68.0 Å². The average molecular weight is 291 g/mol. The highest BCUT2D eigenvalue weighted by Gasteiger charge is 2.08. The summed E-state index contributed by atoms with van der Waals surface area (Å²) < 4.78 is 4.83. The predicted octanol–water partition coefficient (Wildman–Crippen LogP) is 3.23. The molecule has 20 heavy (non-hydrogen) atoms. The maximum atomic E-state index is 11.7. The first-order chi connectivity index (χ1) is 9.54. The lowest BCUT2D eigenvalue weighted by molar-refractivity contribution is -0.114. The van der Waals surface area contributed by atoms with E-state index >= 15 is 0 Å². The van der Waals surface area contributed by atoms with Gasteiger partial charge in [0.25, 0.3) is 0 Å². The predicted molar refractivity (Wildman–Crippen MR) is 78.9 cm³/mol. The zero-order valence-electron chi connectivity index (χ0n) is 11.7. The first-order valence-electron chi connectivity index (χ1n) is 6.37. The van der Waals surface area contributed by atoms with Gasteiger partial charge in [0.15, 0.2) is 5.82 Å². The number of thioether (sulfide) groups is 1. The van der Waals surface area contributed by atoms with Gasteiger partial charge in [-0.05, 0) is 30.5 Å². The summed E-state index contributed by atoms with van der Waals surface area (Å²) in [7, 11) is 0. The summed E-state index contributed by atoms with van der Waals surface area (Å²) in [6, 6.07) is 8.38. The Balaban J connectivity index is 1.83. The fourth-order valence-electron chi connectivity index (χ4n) is 1.60. The number of nitrogens with zero attached hydrogens (tertiary/aromatic N) is 2. The second-order valence-electron chi connectivity index (χ2n) is 4.71. The van der Waals surface area contributed by atoms with Crippen molar-refractivity contribution in [3.63, 3.8) is 0 Å². The Morgan fingerprint density at radius 3 is 2.60 bits per heavy atom. The SMILES string of the molecule is Cc1noc(NC(=O)CSc2ccc(C(C)C)cc2)n1. The summed E-state index contributed by atoms with van der Waals surface area (Å²) in [6.07, 6.45) is 0. The molecule has 0 bridgehead atoms. The van der Waals surface area contributed by atoms with E-state index < -0.39 is 0 Å². The highest BCUT2D eigenvalue weighted by molar-refractivity contribution is 8.00. The van der Waals surface area contributed by atoms with Crippen LogP contribution in [0.25, 0.3) is 0 Å². The molecule has 0 unspecified atom stereocenters. The number of hydrogen-bond acceptors (Lipinski definition) is 5. The Kier molecular flexibility index (Phi) is 4.79. The number of nitrogens with one attached hydrogen (secondary N) is 1. The number of carbonyl (C=O) groups excluding carboxylic acids is 1. The van der Waals surface area contributed by atoms with Gasteiger partial charge < -0.3 is 4.52 Å². The van der Waals surface area contributed by atoms with Crippen LogP contribution in [0.4, 0.5) is 6.01 Å². The van der Waals surface area contributed by atoms with E-state index in [1.54, 1.807) is 6.92 Å². The minimum atomic E-state index is -0.161. The van der Waals surface area contributed by atoms with Crippen molar-refractivity contribution in [2.45, 2.75) is 31.6 Å². The molecule has 2 rings (SSSR count). The van der Waals surface area contributed by atoms with Crippen molar-refractivity contribution in [3.05, 3.63) is 35.7 Å². The van der Waals surface area contributed by atoms with Gasteiger partial charge in [-0.15, -0.1) is 11.8 Å². The molecule has 5 nitrogen and oxygen atoms in total. The number of aromatic nitrogens is 2. The summed E-state index contributed by atoms with van der Waals surface area (Å²) >= 11 is 1.47. The van der Waals surface area contributed by atoms with Crippen LogP contribution in [0, 0.1) is 6.92 Å². The minimum Gasteiger partial charge on any atom is -0.315 e. The van der Waals surface area contributed by atoms with E-state index in [9.17, 15) is 4.79 Å². The van der Waals surface area contributed by atoms with Crippen molar-refractivity contribution in [2.75, 3.05) is 11.1 Å². The second-order valence-corrected chi connectivity index (χ2v) is 5.76. The molecule has 0 fully saturated rings. The number of hydrogen-bond donors (Lipinski definition) is 1. The Bertz CT molecular complexity index is 578. The van der Waals surface area contributed by atoms with Gasteiger partial charge in [-0.2, -0.15) is 4.98 Å². The highest BCUT2D eigenvalue weighted by atomic mass is 32.2. The fraction of sp³-hybridized carbons (Fsp3) is 0.357. The monoisotopic (exact) mass is 291 g/mol. The third-order valence-electron chi connectivity index (χ3n) is 2.69. The van der Waals surface area contributed by atoms with Gasteiger partial charge in [0.1, 0.15) is 0 Å². The van der Waals surface area contributed by atoms with E-state index in [4.69, 9.17) is 4.52 Å². The van der Waals surface area contributed by atoms with Crippen LogP contribution in [0.2, 0.25) is 0 Å². The Hall–Kier alpha value is -1.82. The van der Waals surface area contributed by atoms with Crippen molar-refractivity contribution >= 4 is 23.7 Å². The third-order valence-corrected chi connectivity index (χ3v) is 3.70. The van der Waals surface area contributed by atoms with Gasteiger partial charge in [0, 0.05) is 4.90 Å². The van der Waals surface area contributed by atoms with E-state index in [0.29, 0.717) is 17.5 Å². The normalized spacial score (nSPS) is 10.8. The number of aryl methyl sites for hydroxylation is 1. The number of carbonyl (C=O) groups is 1. The van der Waals surface area contributed by atoms with Crippen molar-refractivity contribution in [2.24, 2.45) is 0 Å². The van der Waals surface area contributed by atoms with E-state index in [0.717, 1.165) is 4.90 Å². The summed E-state index contributed by atoms with van der Waals surface area (Å²) in [5, 5.41) is 6.17. The molecule has 1 heterocycles. The molecule has 0 saturated heterocycles. The Morgan fingerprint density at radius 1 is 1.35 bits per heavy atom. The van der Waals surface area contributed by atoms with Gasteiger partial charge in [0.05, 0.1) is 5.75 Å². The molecule has 1 N–H and O–H groups in total. The molecule has 0 atom stereocenters. The van der Waals surface area contributed by atoms with Gasteiger partial charge in [-0.1, -0.05) is 31.1 Å². The van der Waals surface area contributed by atoms with Crippen molar-refractivity contribution in [1.29, 1.82) is 0 Å². The maximum Gasteiger partial charge on any atom is 0.328 e. The van der Waals surface area contributed by atoms with Crippen LogP contribution in [0.5, 0.6) is 0 Å². The van der Waals surface area contributed by atoms with Crippen LogP contribution in [-0.2, 0) is 4.79 Å². The standard InChI is InChI=1S/C14H17N3O2S/c1-9(2)11-4-6-12(7-5-11)20-8-13(18)16-14-15-10(3)17-19-14/h4-7,9H,8H2,1-3H3,(H,15,16,17,18). The van der Waals surface area contributed by atoms with E-state index in [1.165, 1.54) is 17.3 Å². The Labute approximate surface area is 122 Å². The molecule has 0 aliphatic heterocycles. The number of amides is 1. The third kappa shape index (κ3) is 4.09. The highest BCUT2D eigenvalue weighted by Crippen LogP contribution is 2.21. The van der Waals surface area contributed by atoms with Gasteiger partial charge >= 0.3 is 6.01 Å². The Morgan fingerprint density at radius 2 is 2.05 bits per heavy atom. The summed E-state index contributed by atoms with van der Waals surface area (Å²) in [6.45, 7) is 6.01. The maximum absolute atomic E-state index is 11.7. The van der Waals surface area contributed by atoms with E-state index in [-0.39, 0.29) is 11.9 Å². The molecule has 1 amide bonds. The van der Waals surface area contributed by atoms with Crippen LogP contribution in [0.3, 0.4) is 0 Å². The zero-order valence-corrected chi connectivity index (χ0v) is 12.5. The lowest BCUT2D eigenvalue weighted by atomic mass is 10.0. The van der Waals surface area contributed by atoms with Gasteiger partial charge in [0.2, 0.25) is 5.91 Å². The first-order valence-corrected chi connectivity index (χ1v) is 7.36. The summed E-state index contributed by atoms with van der Waals surface area (Å²) in [4.78, 5) is 16.7. The molecule has 0 saturated carbocycles.